The Morgan fingerprint density at radius 2 is 1.80 bits per heavy atom. The molecule has 0 bridgehead atoms. The van der Waals surface area contributed by atoms with Crippen LogP contribution in [0.2, 0.25) is 10.0 Å². The van der Waals surface area contributed by atoms with Gasteiger partial charge in [-0.25, -0.2) is 13.1 Å². The minimum absolute atomic E-state index is 0.101. The number of H-pyrrole nitrogens is 1. The average Bonchev–Trinajstić information content (AvgIpc) is 2.41. The summed E-state index contributed by atoms with van der Waals surface area (Å²) in [5.41, 5.74) is 0.219. The lowest BCUT2D eigenvalue weighted by atomic mass is 10.2. The lowest BCUT2D eigenvalue weighted by Crippen LogP contribution is -2.24. The zero-order valence-electron chi connectivity index (χ0n) is 10.1. The molecule has 0 fully saturated rings. The maximum atomic E-state index is 12.0. The molecule has 5 nitrogen and oxygen atoms in total. The van der Waals surface area contributed by atoms with Crippen molar-refractivity contribution in [2.75, 3.05) is 0 Å². The van der Waals surface area contributed by atoms with E-state index >= 15 is 0 Å². The summed E-state index contributed by atoms with van der Waals surface area (Å²) in [5.74, 6) is 0. The number of sulfonamides is 1. The van der Waals surface area contributed by atoms with Gasteiger partial charge in [-0.3, -0.25) is 4.79 Å². The molecule has 2 aromatic rings. The topological polar surface area (TPSA) is 79.0 Å². The molecule has 0 aliphatic heterocycles. The van der Waals surface area contributed by atoms with Crippen molar-refractivity contribution in [1.29, 1.82) is 0 Å². The first-order chi connectivity index (χ1) is 9.38. The summed E-state index contributed by atoms with van der Waals surface area (Å²) < 4.78 is 26.4. The van der Waals surface area contributed by atoms with Crippen LogP contribution in [0.1, 0.15) is 5.56 Å². The molecule has 106 valence electrons. The third-order valence-electron chi connectivity index (χ3n) is 2.52. The maximum Gasteiger partial charge on any atom is 0.266 e. The van der Waals surface area contributed by atoms with Crippen molar-refractivity contribution in [2.24, 2.45) is 0 Å². The van der Waals surface area contributed by atoms with Crippen molar-refractivity contribution < 1.29 is 8.42 Å². The van der Waals surface area contributed by atoms with E-state index in [0.29, 0.717) is 5.02 Å². The van der Waals surface area contributed by atoms with E-state index in [1.54, 1.807) is 24.3 Å². The first-order valence-corrected chi connectivity index (χ1v) is 7.75. The van der Waals surface area contributed by atoms with Gasteiger partial charge in [-0.1, -0.05) is 35.3 Å². The van der Waals surface area contributed by atoms with Gasteiger partial charge in [-0.05, 0) is 23.8 Å². The number of hydrogen-bond acceptors (Lipinski definition) is 3. The van der Waals surface area contributed by atoms with Crippen molar-refractivity contribution in [3.63, 3.8) is 0 Å². The average molecular weight is 333 g/mol. The molecule has 0 saturated carbocycles. The normalized spacial score (nSPS) is 11.5. The van der Waals surface area contributed by atoms with E-state index in [2.05, 4.69) is 9.71 Å². The molecule has 2 N–H and O–H groups in total. The Bertz CT molecular complexity index is 770. The third-order valence-corrected chi connectivity index (χ3v) is 4.43. The summed E-state index contributed by atoms with van der Waals surface area (Å²) in [4.78, 5) is 13.2. The molecule has 8 heteroatoms. The van der Waals surface area contributed by atoms with Gasteiger partial charge in [0.15, 0.2) is 0 Å². The highest BCUT2D eigenvalue weighted by molar-refractivity contribution is 7.89. The molecule has 0 atom stereocenters. The highest BCUT2D eigenvalue weighted by atomic mass is 35.5. The predicted molar refractivity (Wildman–Crippen MR) is 77.6 cm³/mol. The molecular formula is C12H10Cl2N2O3S. The number of rotatable bonds is 4. The summed E-state index contributed by atoms with van der Waals surface area (Å²) in [6, 6.07) is 7.87. The fraction of sp³-hybridized carbons (Fsp3) is 0.0833. The lowest BCUT2D eigenvalue weighted by Gasteiger charge is -2.07. The largest absolute Gasteiger partial charge is 0.326 e. The Morgan fingerprint density at radius 3 is 2.40 bits per heavy atom. The van der Waals surface area contributed by atoms with Gasteiger partial charge >= 0.3 is 0 Å². The van der Waals surface area contributed by atoms with Crippen molar-refractivity contribution >= 4 is 33.2 Å². The van der Waals surface area contributed by atoms with Crippen molar-refractivity contribution in [1.82, 2.24) is 9.71 Å². The van der Waals surface area contributed by atoms with Crippen molar-refractivity contribution in [3.8, 4) is 0 Å². The summed E-state index contributed by atoms with van der Waals surface area (Å²) in [6.07, 6.45) is 1.10. The van der Waals surface area contributed by atoms with Crippen LogP contribution in [0.15, 0.2) is 46.2 Å². The molecule has 1 aromatic carbocycles. The molecular weight excluding hydrogens is 323 g/mol. The molecule has 0 radical (unpaired) electrons. The van der Waals surface area contributed by atoms with E-state index in [4.69, 9.17) is 23.2 Å². The summed E-state index contributed by atoms with van der Waals surface area (Å²) in [5, 5.41) is 0.392. The number of benzene rings is 1. The second-order valence-electron chi connectivity index (χ2n) is 3.96. The van der Waals surface area contributed by atoms with Gasteiger partial charge in [-0.15, -0.1) is 0 Å². The fourth-order valence-electron chi connectivity index (χ4n) is 1.46. The lowest BCUT2D eigenvalue weighted by molar-refractivity contribution is 0.581. The molecule has 0 spiro atoms. The van der Waals surface area contributed by atoms with Gasteiger partial charge < -0.3 is 4.98 Å². The maximum absolute atomic E-state index is 12.0. The predicted octanol–water partition coefficient (Wildman–Crippen LogP) is 2.16. The number of aromatic amines is 1. The van der Waals surface area contributed by atoms with Crippen molar-refractivity contribution in [2.45, 2.75) is 11.4 Å². The number of pyridine rings is 1. The first kappa shape index (κ1) is 15.1. The Morgan fingerprint density at radius 1 is 1.15 bits per heavy atom. The third kappa shape index (κ3) is 3.61. The quantitative estimate of drug-likeness (QED) is 0.900. The zero-order chi connectivity index (χ0) is 14.8. The summed E-state index contributed by atoms with van der Waals surface area (Å²) in [6.45, 7) is 0.107. The van der Waals surface area contributed by atoms with Gasteiger partial charge in [0.05, 0.1) is 4.90 Å². The van der Waals surface area contributed by atoms with Crippen LogP contribution in [0.4, 0.5) is 0 Å². The van der Waals surface area contributed by atoms with E-state index in [1.165, 1.54) is 0 Å². The molecule has 1 heterocycles. The molecule has 0 amide bonds. The fourth-order valence-corrected chi connectivity index (χ4v) is 2.83. The Kier molecular flexibility index (Phi) is 4.49. The molecule has 2 rings (SSSR count). The Hall–Kier alpha value is -1.34. The van der Waals surface area contributed by atoms with Crippen LogP contribution in [-0.4, -0.2) is 13.4 Å². The minimum atomic E-state index is -3.75. The van der Waals surface area contributed by atoms with Gasteiger partial charge in [0.25, 0.3) is 5.56 Å². The van der Waals surface area contributed by atoms with E-state index in [-0.39, 0.29) is 16.5 Å². The Labute approximate surface area is 125 Å². The first-order valence-electron chi connectivity index (χ1n) is 5.51. The SMILES string of the molecule is O=c1[nH]cc(S(=O)(=O)NCc2ccc(Cl)cc2)cc1Cl. The zero-order valence-corrected chi connectivity index (χ0v) is 12.4. The highest BCUT2D eigenvalue weighted by Gasteiger charge is 2.15. The van der Waals surface area contributed by atoms with E-state index in [0.717, 1.165) is 17.8 Å². The smallest absolute Gasteiger partial charge is 0.266 e. The molecule has 0 unspecified atom stereocenters. The monoisotopic (exact) mass is 332 g/mol. The Balaban J connectivity index is 2.16. The van der Waals surface area contributed by atoms with E-state index in [9.17, 15) is 13.2 Å². The van der Waals surface area contributed by atoms with Gasteiger partial charge in [0.2, 0.25) is 10.0 Å². The van der Waals surface area contributed by atoms with Crippen LogP contribution in [0.25, 0.3) is 0 Å². The van der Waals surface area contributed by atoms with Crippen LogP contribution >= 0.6 is 23.2 Å². The molecule has 0 aliphatic rings. The van der Waals surface area contributed by atoms with E-state index < -0.39 is 15.6 Å². The van der Waals surface area contributed by atoms with Crippen LogP contribution < -0.4 is 10.3 Å². The number of halogens is 2. The number of nitrogens with one attached hydrogen (secondary N) is 2. The minimum Gasteiger partial charge on any atom is -0.326 e. The molecule has 0 saturated heterocycles. The second-order valence-corrected chi connectivity index (χ2v) is 6.57. The van der Waals surface area contributed by atoms with Gasteiger partial charge in [0.1, 0.15) is 5.02 Å². The van der Waals surface area contributed by atoms with Gasteiger partial charge in [0, 0.05) is 17.8 Å². The number of hydrogen-bond donors (Lipinski definition) is 2. The molecule has 0 aliphatic carbocycles. The standard InChI is InChI=1S/C12H10Cl2N2O3S/c13-9-3-1-8(2-4-9)6-16-20(18,19)10-5-11(14)12(17)15-7-10/h1-5,7,16H,6H2,(H,15,17). The summed E-state index contributed by atoms with van der Waals surface area (Å²) in [7, 11) is -3.75. The molecule has 20 heavy (non-hydrogen) atoms. The van der Waals surface area contributed by atoms with Crippen LogP contribution in [0.3, 0.4) is 0 Å². The highest BCUT2D eigenvalue weighted by Crippen LogP contribution is 2.12. The van der Waals surface area contributed by atoms with E-state index in [1.807, 2.05) is 0 Å². The van der Waals surface area contributed by atoms with Crippen LogP contribution in [0.5, 0.6) is 0 Å². The van der Waals surface area contributed by atoms with Crippen LogP contribution in [0, 0.1) is 0 Å². The van der Waals surface area contributed by atoms with Crippen molar-refractivity contribution in [3.05, 3.63) is 62.5 Å². The number of aromatic nitrogens is 1. The second kappa shape index (κ2) is 5.97. The van der Waals surface area contributed by atoms with Crippen LogP contribution in [-0.2, 0) is 16.6 Å². The molecule has 1 aromatic heterocycles. The summed E-state index contributed by atoms with van der Waals surface area (Å²) >= 11 is 11.3. The van der Waals surface area contributed by atoms with Gasteiger partial charge in [-0.2, -0.15) is 0 Å².